The molecule has 14 heavy (non-hydrogen) atoms. The third kappa shape index (κ3) is 3.07. The molecule has 0 saturated carbocycles. The summed E-state index contributed by atoms with van der Waals surface area (Å²) in [6.07, 6.45) is 1.97. The number of hydrogen-bond acceptors (Lipinski definition) is 2. The lowest BCUT2D eigenvalue weighted by molar-refractivity contribution is -0.113. The molecule has 1 nitrogen and oxygen atoms in total. The second-order valence-corrected chi connectivity index (χ2v) is 5.95. The Morgan fingerprint density at radius 2 is 2.14 bits per heavy atom. The molecule has 76 valence electrons. The molecule has 1 aromatic heterocycles. The molecule has 0 saturated heterocycles. The van der Waals surface area contributed by atoms with Crippen molar-refractivity contribution in [2.45, 2.75) is 20.8 Å². The number of carbonyl (C=O) groups is 1. The molecular formula is C11H13BrOS. The van der Waals surface area contributed by atoms with E-state index in [9.17, 15) is 4.79 Å². The minimum atomic E-state index is 0.157. The number of Topliss-reactive ketones (excluding diaryl/α,β-unsaturated/α-hetero) is 1. The van der Waals surface area contributed by atoms with Crippen molar-refractivity contribution >= 4 is 39.1 Å². The Bertz CT molecular complexity index is 363. The Morgan fingerprint density at radius 1 is 1.50 bits per heavy atom. The third-order valence-corrected chi connectivity index (χ3v) is 3.49. The summed E-state index contributed by atoms with van der Waals surface area (Å²) in [4.78, 5) is 12.4. The van der Waals surface area contributed by atoms with Gasteiger partial charge in [-0.3, -0.25) is 4.79 Å². The quantitative estimate of drug-likeness (QED) is 0.756. The lowest BCUT2D eigenvalue weighted by Gasteiger charge is -2.06. The summed E-state index contributed by atoms with van der Waals surface area (Å²) in [5.41, 5.74) is 0.888. The van der Waals surface area contributed by atoms with Crippen LogP contribution < -0.4 is 0 Å². The van der Waals surface area contributed by atoms with Crippen molar-refractivity contribution in [2.75, 3.05) is 0 Å². The monoisotopic (exact) mass is 272 g/mol. The maximum Gasteiger partial charge on any atom is 0.156 e. The van der Waals surface area contributed by atoms with E-state index in [0.29, 0.717) is 0 Å². The van der Waals surface area contributed by atoms with Crippen molar-refractivity contribution in [2.24, 2.45) is 5.92 Å². The summed E-state index contributed by atoms with van der Waals surface area (Å²) < 4.78 is 1.09. The first-order valence-electron chi connectivity index (χ1n) is 4.48. The summed E-state index contributed by atoms with van der Waals surface area (Å²) >= 11 is 5.04. The van der Waals surface area contributed by atoms with E-state index in [1.807, 2.05) is 32.1 Å². The molecule has 1 heterocycles. The summed E-state index contributed by atoms with van der Waals surface area (Å²) in [6, 6.07) is 4.01. The van der Waals surface area contributed by atoms with E-state index in [0.717, 1.165) is 14.2 Å². The number of thiophene rings is 1. The van der Waals surface area contributed by atoms with Crippen molar-refractivity contribution in [3.63, 3.8) is 0 Å². The smallest absolute Gasteiger partial charge is 0.156 e. The van der Waals surface area contributed by atoms with Gasteiger partial charge in [0.15, 0.2) is 5.78 Å². The first kappa shape index (κ1) is 11.7. The predicted octanol–water partition coefficient (Wildman–Crippen LogP) is 4.14. The standard InChI is InChI=1S/C11H13BrOS/c1-7(2)10(8(3)13)6-9-4-5-11(12)14-9/h4-7H,1-3H3/b10-6+. The average Bonchev–Trinajstić information content (AvgIpc) is 2.46. The molecule has 1 rings (SSSR count). The number of allylic oxidation sites excluding steroid dienone is 1. The lowest BCUT2D eigenvalue weighted by atomic mass is 9.99. The largest absolute Gasteiger partial charge is 0.295 e. The highest BCUT2D eigenvalue weighted by atomic mass is 79.9. The summed E-state index contributed by atoms with van der Waals surface area (Å²) in [5.74, 6) is 0.442. The summed E-state index contributed by atoms with van der Waals surface area (Å²) in [7, 11) is 0. The average molecular weight is 273 g/mol. The molecule has 0 aliphatic heterocycles. The zero-order valence-corrected chi connectivity index (χ0v) is 10.9. The van der Waals surface area contributed by atoms with Crippen LogP contribution in [0, 0.1) is 5.92 Å². The van der Waals surface area contributed by atoms with Crippen LogP contribution in [0.3, 0.4) is 0 Å². The molecule has 0 aliphatic rings. The Balaban J connectivity index is 2.99. The molecule has 1 aromatic rings. The molecule has 0 fully saturated rings. The van der Waals surface area contributed by atoms with Crippen LogP contribution in [0.4, 0.5) is 0 Å². The van der Waals surface area contributed by atoms with E-state index >= 15 is 0 Å². The molecule has 0 unspecified atom stereocenters. The van der Waals surface area contributed by atoms with Crippen LogP contribution in [0.15, 0.2) is 21.5 Å². The molecule has 0 bridgehead atoms. The van der Waals surface area contributed by atoms with Gasteiger partial charge in [0.05, 0.1) is 3.79 Å². The number of ketones is 1. The molecule has 0 spiro atoms. The highest BCUT2D eigenvalue weighted by Crippen LogP contribution is 2.25. The van der Waals surface area contributed by atoms with Gasteiger partial charge < -0.3 is 0 Å². The number of halogens is 1. The SMILES string of the molecule is CC(=O)/C(=C/c1ccc(Br)s1)C(C)C. The predicted molar refractivity (Wildman–Crippen MR) is 65.5 cm³/mol. The highest BCUT2D eigenvalue weighted by Gasteiger charge is 2.08. The van der Waals surface area contributed by atoms with Gasteiger partial charge in [-0.15, -0.1) is 11.3 Å². The van der Waals surface area contributed by atoms with Gasteiger partial charge in [-0.2, -0.15) is 0 Å². The van der Waals surface area contributed by atoms with Gasteiger partial charge in [0.1, 0.15) is 0 Å². The van der Waals surface area contributed by atoms with E-state index < -0.39 is 0 Å². The van der Waals surface area contributed by atoms with Gasteiger partial charge in [-0.05, 0) is 52.6 Å². The van der Waals surface area contributed by atoms with Crippen molar-refractivity contribution < 1.29 is 4.79 Å². The van der Waals surface area contributed by atoms with E-state index in [1.54, 1.807) is 18.3 Å². The lowest BCUT2D eigenvalue weighted by Crippen LogP contribution is -2.03. The van der Waals surface area contributed by atoms with Gasteiger partial charge >= 0.3 is 0 Å². The Labute approximate surface area is 97.0 Å². The molecular weight excluding hydrogens is 260 g/mol. The molecule has 0 amide bonds. The van der Waals surface area contributed by atoms with Crippen LogP contribution in [-0.4, -0.2) is 5.78 Å². The zero-order valence-electron chi connectivity index (χ0n) is 8.50. The third-order valence-electron chi connectivity index (χ3n) is 1.92. The maximum atomic E-state index is 11.3. The van der Waals surface area contributed by atoms with E-state index in [4.69, 9.17) is 0 Å². The fraction of sp³-hybridized carbons (Fsp3) is 0.364. The number of carbonyl (C=O) groups excluding carboxylic acids is 1. The van der Waals surface area contributed by atoms with Crippen molar-refractivity contribution in [3.8, 4) is 0 Å². The molecule has 0 aliphatic carbocycles. The minimum Gasteiger partial charge on any atom is -0.295 e. The molecule has 0 aromatic carbocycles. The molecule has 0 N–H and O–H groups in total. The van der Waals surface area contributed by atoms with Crippen molar-refractivity contribution in [3.05, 3.63) is 26.4 Å². The van der Waals surface area contributed by atoms with Crippen LogP contribution in [0.2, 0.25) is 0 Å². The van der Waals surface area contributed by atoms with E-state index in [2.05, 4.69) is 15.9 Å². The zero-order chi connectivity index (χ0) is 10.7. The normalized spacial score (nSPS) is 12.2. The van der Waals surface area contributed by atoms with Gasteiger partial charge in [0.25, 0.3) is 0 Å². The molecule has 0 radical (unpaired) electrons. The van der Waals surface area contributed by atoms with Gasteiger partial charge in [0, 0.05) is 4.88 Å². The van der Waals surface area contributed by atoms with Crippen LogP contribution >= 0.6 is 27.3 Å². The van der Waals surface area contributed by atoms with Crippen LogP contribution in [-0.2, 0) is 4.79 Å². The Kier molecular flexibility index (Phi) is 4.08. The second-order valence-electron chi connectivity index (χ2n) is 3.45. The molecule has 0 atom stereocenters. The van der Waals surface area contributed by atoms with Crippen molar-refractivity contribution in [1.29, 1.82) is 0 Å². The first-order chi connectivity index (χ1) is 6.50. The van der Waals surface area contributed by atoms with E-state index in [1.165, 1.54) is 0 Å². The minimum absolute atomic E-state index is 0.157. The maximum absolute atomic E-state index is 11.3. The van der Waals surface area contributed by atoms with Crippen molar-refractivity contribution in [1.82, 2.24) is 0 Å². The van der Waals surface area contributed by atoms with Gasteiger partial charge in [-0.1, -0.05) is 13.8 Å². The topological polar surface area (TPSA) is 17.1 Å². The second kappa shape index (κ2) is 4.89. The fourth-order valence-electron chi connectivity index (χ4n) is 1.23. The number of rotatable bonds is 3. The van der Waals surface area contributed by atoms with Crippen LogP contribution in [0.1, 0.15) is 25.6 Å². The van der Waals surface area contributed by atoms with Gasteiger partial charge in [-0.25, -0.2) is 0 Å². The van der Waals surface area contributed by atoms with Crippen LogP contribution in [0.25, 0.3) is 6.08 Å². The summed E-state index contributed by atoms with van der Waals surface area (Å²) in [6.45, 7) is 5.69. The van der Waals surface area contributed by atoms with Gasteiger partial charge in [0.2, 0.25) is 0 Å². The number of hydrogen-bond donors (Lipinski definition) is 0. The van der Waals surface area contributed by atoms with E-state index in [-0.39, 0.29) is 11.7 Å². The summed E-state index contributed by atoms with van der Waals surface area (Å²) in [5, 5.41) is 0. The Hall–Kier alpha value is -0.410. The van der Waals surface area contributed by atoms with Crippen LogP contribution in [0.5, 0.6) is 0 Å². The first-order valence-corrected chi connectivity index (χ1v) is 6.09. The molecule has 3 heteroatoms. The Morgan fingerprint density at radius 3 is 2.50 bits per heavy atom. The fourth-order valence-corrected chi connectivity index (χ4v) is 2.61. The highest BCUT2D eigenvalue weighted by molar-refractivity contribution is 9.11.